The zero-order valence-electron chi connectivity index (χ0n) is 20.7. The Morgan fingerprint density at radius 3 is 2.37 bits per heavy atom. The van der Waals surface area contributed by atoms with Gasteiger partial charge in [0, 0.05) is 28.7 Å². The van der Waals surface area contributed by atoms with Gasteiger partial charge in [-0.1, -0.05) is 46.8 Å². The molecule has 0 bridgehead atoms. The lowest BCUT2D eigenvalue weighted by Crippen LogP contribution is -2.46. The van der Waals surface area contributed by atoms with Crippen LogP contribution in [0.3, 0.4) is 0 Å². The van der Waals surface area contributed by atoms with E-state index in [0.29, 0.717) is 41.1 Å². The lowest BCUT2D eigenvalue weighted by atomic mass is 9.60. The van der Waals surface area contributed by atoms with Crippen LogP contribution in [0.25, 0.3) is 0 Å². The molecule has 0 saturated heterocycles. The number of hydrogen-bond donors (Lipinski definition) is 1. The Balaban J connectivity index is 1.97. The summed E-state index contributed by atoms with van der Waals surface area (Å²) in [6.07, 6.45) is 1.40. The molecule has 1 aliphatic carbocycles. The first kappa shape index (κ1) is 25.6. The number of rotatable bonds is 3. The number of hydrogen-bond acceptors (Lipinski definition) is 6. The number of dihydropyridines is 1. The van der Waals surface area contributed by atoms with E-state index in [1.165, 1.54) is 6.07 Å². The summed E-state index contributed by atoms with van der Waals surface area (Å²) >= 11 is 0. The van der Waals surface area contributed by atoms with Crippen molar-refractivity contribution in [1.82, 2.24) is 5.32 Å². The van der Waals surface area contributed by atoms with Crippen LogP contribution in [0.4, 0.5) is 13.2 Å². The topological polar surface area (TPSA) is 88.0 Å². The van der Waals surface area contributed by atoms with Crippen LogP contribution in [0.15, 0.2) is 62.1 Å². The van der Waals surface area contributed by atoms with E-state index in [2.05, 4.69) is 15.5 Å². The van der Waals surface area contributed by atoms with Crippen molar-refractivity contribution >= 4 is 15.6 Å². The van der Waals surface area contributed by atoms with Crippen LogP contribution < -0.4 is 5.32 Å². The summed E-state index contributed by atoms with van der Waals surface area (Å²) in [6.45, 7) is 11.9. The lowest BCUT2D eigenvalue weighted by Gasteiger charge is -2.45. The van der Waals surface area contributed by atoms with Gasteiger partial charge in [-0.25, -0.2) is 8.42 Å². The minimum atomic E-state index is -5.57. The number of benzene rings is 1. The van der Waals surface area contributed by atoms with Crippen LogP contribution in [-0.2, 0) is 20.0 Å². The third-order valence-corrected chi connectivity index (χ3v) is 8.38. The highest BCUT2D eigenvalue weighted by molar-refractivity contribution is 7.92. The van der Waals surface area contributed by atoms with Crippen molar-refractivity contribution in [2.24, 2.45) is 21.1 Å². The van der Waals surface area contributed by atoms with Gasteiger partial charge in [-0.15, -0.1) is 5.11 Å². The van der Waals surface area contributed by atoms with Crippen molar-refractivity contribution in [2.75, 3.05) is 0 Å². The molecule has 10 heteroatoms. The Kier molecular flexibility index (Phi) is 5.67. The number of sulfone groups is 1. The number of azo groups is 1. The summed E-state index contributed by atoms with van der Waals surface area (Å²) in [5, 5.41) is 12.1. The second-order valence-corrected chi connectivity index (χ2v) is 13.7. The SMILES string of the molecule is CC(C)(C)CC1N=NC2=C1[C@@](C)(c1cccc(S(=O)(=O)C(F)(F)F)c1)C1=C(CC(C)(C)CC1=O)N2. The number of Topliss-reactive ketones (excluding diaryl/α,β-unsaturated/α-hetero) is 1. The summed E-state index contributed by atoms with van der Waals surface area (Å²) in [6, 6.07) is 4.44. The first-order valence-electron chi connectivity index (χ1n) is 11.5. The van der Waals surface area contributed by atoms with Gasteiger partial charge in [0.25, 0.3) is 9.84 Å². The molecule has 0 radical (unpaired) electrons. The normalized spacial score (nSPS) is 26.5. The van der Waals surface area contributed by atoms with E-state index in [0.717, 1.165) is 12.1 Å². The highest BCUT2D eigenvalue weighted by atomic mass is 32.2. The smallest absolute Gasteiger partial charge is 0.342 e. The van der Waals surface area contributed by atoms with E-state index in [1.807, 2.05) is 34.6 Å². The van der Waals surface area contributed by atoms with Crippen molar-refractivity contribution in [2.45, 2.75) is 82.7 Å². The molecule has 0 spiro atoms. The van der Waals surface area contributed by atoms with Gasteiger partial charge in [0.2, 0.25) is 0 Å². The number of carbonyl (C=O) groups excluding carboxylic acids is 1. The molecule has 35 heavy (non-hydrogen) atoms. The van der Waals surface area contributed by atoms with Gasteiger partial charge < -0.3 is 5.32 Å². The van der Waals surface area contributed by atoms with Crippen molar-refractivity contribution in [3.05, 3.63) is 52.5 Å². The molecule has 2 aliphatic heterocycles. The molecule has 0 fully saturated rings. The van der Waals surface area contributed by atoms with Crippen LogP contribution >= 0.6 is 0 Å². The minimum Gasteiger partial charge on any atom is -0.342 e. The predicted molar refractivity (Wildman–Crippen MR) is 125 cm³/mol. The molecular formula is C25H30F3N3O3S. The molecule has 1 aromatic rings. The number of carbonyl (C=O) groups is 1. The summed E-state index contributed by atoms with van der Waals surface area (Å²) in [5.74, 6) is 0.360. The average molecular weight is 510 g/mol. The van der Waals surface area contributed by atoms with E-state index in [-0.39, 0.29) is 23.0 Å². The molecular weight excluding hydrogens is 479 g/mol. The van der Waals surface area contributed by atoms with Gasteiger partial charge in [0.1, 0.15) is 0 Å². The van der Waals surface area contributed by atoms with Gasteiger partial charge in [-0.3, -0.25) is 4.79 Å². The van der Waals surface area contributed by atoms with Crippen LogP contribution in [0, 0.1) is 10.8 Å². The molecule has 1 N–H and O–H groups in total. The maximum Gasteiger partial charge on any atom is 0.501 e. The fraction of sp³-hybridized carbons (Fsp3) is 0.560. The van der Waals surface area contributed by atoms with Crippen LogP contribution in [0.1, 0.15) is 66.4 Å². The first-order chi connectivity index (χ1) is 15.9. The van der Waals surface area contributed by atoms with E-state index >= 15 is 0 Å². The van der Waals surface area contributed by atoms with Gasteiger partial charge >= 0.3 is 5.51 Å². The minimum absolute atomic E-state index is 0.122. The number of ketones is 1. The monoisotopic (exact) mass is 509 g/mol. The second-order valence-electron chi connectivity index (χ2n) is 11.8. The van der Waals surface area contributed by atoms with Crippen LogP contribution in [0.2, 0.25) is 0 Å². The number of halogens is 3. The largest absolute Gasteiger partial charge is 0.501 e. The number of alkyl halides is 3. The standard InChI is InChI=1S/C25H30F3N3O3S/c1-22(2,3)11-17-20-21(31-30-17)29-16-12-23(4,5)13-18(32)19(16)24(20,6)14-8-7-9-15(10-14)35(33,34)25(26,27)28/h7-10,17,29H,11-13H2,1-6H3/t17?,24-/m0/s1. The summed E-state index contributed by atoms with van der Waals surface area (Å²) in [4.78, 5) is 12.7. The molecule has 190 valence electrons. The van der Waals surface area contributed by atoms with Gasteiger partial charge in [-0.05, 0) is 48.3 Å². The zero-order valence-corrected chi connectivity index (χ0v) is 21.5. The molecule has 2 heterocycles. The zero-order chi connectivity index (χ0) is 26.2. The van der Waals surface area contributed by atoms with E-state index in [4.69, 9.17) is 0 Å². The molecule has 0 amide bonds. The second kappa shape index (κ2) is 7.75. The third kappa shape index (κ3) is 4.23. The molecule has 2 atom stereocenters. The van der Waals surface area contributed by atoms with E-state index < -0.39 is 31.7 Å². The molecule has 1 unspecified atom stereocenters. The Labute approximate surface area is 203 Å². The quantitative estimate of drug-likeness (QED) is 0.544. The fourth-order valence-corrected chi connectivity index (χ4v) is 6.28. The number of allylic oxidation sites excluding steroid dienone is 2. The summed E-state index contributed by atoms with van der Waals surface area (Å²) < 4.78 is 64.6. The Morgan fingerprint density at radius 1 is 1.11 bits per heavy atom. The summed E-state index contributed by atoms with van der Waals surface area (Å²) in [5.41, 5.74) is -5.02. The maximum atomic E-state index is 13.6. The van der Waals surface area contributed by atoms with Crippen molar-refractivity contribution < 1.29 is 26.4 Å². The van der Waals surface area contributed by atoms with Crippen molar-refractivity contribution in [3.8, 4) is 0 Å². The fourth-order valence-electron chi connectivity index (χ4n) is 5.48. The average Bonchev–Trinajstić information content (AvgIpc) is 3.07. The van der Waals surface area contributed by atoms with Gasteiger partial charge in [0.05, 0.1) is 10.9 Å². The Bertz CT molecular complexity index is 1300. The Hall–Kier alpha value is -2.49. The predicted octanol–water partition coefficient (Wildman–Crippen LogP) is 5.97. The molecule has 0 saturated carbocycles. The third-order valence-electron chi connectivity index (χ3n) is 6.90. The highest BCUT2D eigenvalue weighted by Gasteiger charge is 2.53. The lowest BCUT2D eigenvalue weighted by molar-refractivity contribution is -0.118. The van der Waals surface area contributed by atoms with Gasteiger partial charge in [-0.2, -0.15) is 18.3 Å². The molecule has 0 aromatic heterocycles. The first-order valence-corrected chi connectivity index (χ1v) is 13.0. The van der Waals surface area contributed by atoms with Crippen LogP contribution in [0.5, 0.6) is 0 Å². The number of nitrogens with zero attached hydrogens (tertiary/aromatic N) is 2. The van der Waals surface area contributed by atoms with E-state index in [9.17, 15) is 26.4 Å². The van der Waals surface area contributed by atoms with Crippen molar-refractivity contribution in [1.29, 1.82) is 0 Å². The maximum absolute atomic E-state index is 13.6. The molecule has 1 aromatic carbocycles. The summed E-state index contributed by atoms with van der Waals surface area (Å²) in [7, 11) is -5.57. The highest BCUT2D eigenvalue weighted by Crippen LogP contribution is 2.54. The van der Waals surface area contributed by atoms with E-state index in [1.54, 1.807) is 13.0 Å². The molecule has 6 nitrogen and oxygen atoms in total. The molecule has 3 aliphatic rings. The Morgan fingerprint density at radius 2 is 1.77 bits per heavy atom. The van der Waals surface area contributed by atoms with Gasteiger partial charge in [0.15, 0.2) is 11.6 Å². The van der Waals surface area contributed by atoms with Crippen LogP contribution in [-0.4, -0.2) is 25.8 Å². The molecule has 4 rings (SSSR count). The number of nitrogens with one attached hydrogen (secondary N) is 1. The van der Waals surface area contributed by atoms with Crippen molar-refractivity contribution in [3.63, 3.8) is 0 Å².